The molecular weight excluding hydrogens is 152 g/mol. The van der Waals surface area contributed by atoms with Gasteiger partial charge in [0.05, 0.1) is 6.10 Å². The Kier molecular flexibility index (Phi) is 5.99. The molecule has 0 heterocycles. The number of carbonyl (C=O) groups is 1. The van der Waals surface area contributed by atoms with Crippen molar-refractivity contribution in [3.05, 3.63) is 0 Å². The van der Waals surface area contributed by atoms with Gasteiger partial charge < -0.3 is 9.53 Å². The minimum Gasteiger partial charge on any atom is -0.380 e. The maximum atomic E-state index is 10.5. The molecule has 0 aliphatic heterocycles. The molecule has 0 aromatic heterocycles. The second-order valence-corrected chi connectivity index (χ2v) is 3.46. The zero-order chi connectivity index (χ0) is 9.56. The summed E-state index contributed by atoms with van der Waals surface area (Å²) in [5, 5.41) is 0. The van der Waals surface area contributed by atoms with Gasteiger partial charge in [0.2, 0.25) is 0 Å². The first-order chi connectivity index (χ1) is 5.67. The lowest BCUT2D eigenvalue weighted by molar-refractivity contribution is -0.116. The minimum absolute atomic E-state index is 0.0107. The van der Waals surface area contributed by atoms with Gasteiger partial charge in [0.1, 0.15) is 6.29 Å². The molecule has 0 rings (SSSR count). The third-order valence-corrected chi connectivity index (χ3v) is 2.31. The van der Waals surface area contributed by atoms with Gasteiger partial charge in [-0.15, -0.1) is 0 Å². The first-order valence-corrected chi connectivity index (χ1v) is 4.65. The van der Waals surface area contributed by atoms with Crippen molar-refractivity contribution in [3.63, 3.8) is 0 Å². The first-order valence-electron chi connectivity index (χ1n) is 4.65. The van der Waals surface area contributed by atoms with Crippen LogP contribution in [-0.2, 0) is 9.53 Å². The molecule has 2 nitrogen and oxygen atoms in total. The molecule has 0 fully saturated rings. The van der Waals surface area contributed by atoms with Crippen LogP contribution in [0, 0.1) is 11.8 Å². The first kappa shape index (κ1) is 11.6. The van der Waals surface area contributed by atoms with Crippen LogP contribution in [0.5, 0.6) is 0 Å². The molecule has 0 bridgehead atoms. The van der Waals surface area contributed by atoms with Gasteiger partial charge in [0, 0.05) is 13.0 Å². The van der Waals surface area contributed by atoms with E-state index < -0.39 is 0 Å². The van der Waals surface area contributed by atoms with Crippen LogP contribution < -0.4 is 0 Å². The largest absolute Gasteiger partial charge is 0.380 e. The maximum absolute atomic E-state index is 10.5. The summed E-state index contributed by atoms with van der Waals surface area (Å²) < 4.78 is 5.29. The molecule has 0 amide bonds. The van der Waals surface area contributed by atoms with E-state index in [2.05, 4.69) is 13.8 Å². The van der Waals surface area contributed by atoms with Gasteiger partial charge in [0.15, 0.2) is 0 Å². The van der Waals surface area contributed by atoms with E-state index in [9.17, 15) is 4.79 Å². The van der Waals surface area contributed by atoms with Crippen molar-refractivity contribution in [3.8, 4) is 0 Å². The zero-order valence-electron chi connectivity index (χ0n) is 8.54. The zero-order valence-corrected chi connectivity index (χ0v) is 8.54. The Morgan fingerprint density at radius 3 is 2.33 bits per heavy atom. The molecule has 12 heavy (non-hydrogen) atoms. The Morgan fingerprint density at radius 2 is 2.00 bits per heavy atom. The van der Waals surface area contributed by atoms with Gasteiger partial charge in [-0.05, 0) is 12.3 Å². The molecule has 0 spiro atoms. The minimum atomic E-state index is 0.0107. The van der Waals surface area contributed by atoms with Gasteiger partial charge in [-0.1, -0.05) is 27.2 Å². The molecule has 2 heteroatoms. The van der Waals surface area contributed by atoms with Gasteiger partial charge in [-0.3, -0.25) is 0 Å². The fourth-order valence-corrected chi connectivity index (χ4v) is 1.66. The van der Waals surface area contributed by atoms with E-state index in [4.69, 9.17) is 4.74 Å². The normalized spacial score (nSPS) is 18.3. The molecule has 0 N–H and O–H groups in total. The number of ether oxygens (including phenoxy) is 1. The lowest BCUT2D eigenvalue weighted by Crippen LogP contribution is -2.28. The topological polar surface area (TPSA) is 26.3 Å². The molecule has 72 valence electrons. The predicted molar refractivity (Wildman–Crippen MR) is 50.1 cm³/mol. The van der Waals surface area contributed by atoms with Crippen LogP contribution in [0.1, 0.15) is 33.6 Å². The van der Waals surface area contributed by atoms with Crippen LogP contribution >= 0.6 is 0 Å². The van der Waals surface area contributed by atoms with Crippen LogP contribution in [0.25, 0.3) is 0 Å². The van der Waals surface area contributed by atoms with E-state index in [0.717, 1.165) is 19.1 Å². The Balaban J connectivity index is 4.02. The summed E-state index contributed by atoms with van der Waals surface area (Å²) in [7, 11) is 1.68. The fraction of sp³-hybridized carbons (Fsp3) is 0.900. The Labute approximate surface area is 75.3 Å². The van der Waals surface area contributed by atoms with Crippen molar-refractivity contribution in [1.29, 1.82) is 0 Å². The molecule has 0 aliphatic rings. The summed E-state index contributed by atoms with van der Waals surface area (Å²) in [5.41, 5.74) is 0. The second-order valence-electron chi connectivity index (χ2n) is 3.46. The van der Waals surface area contributed by atoms with Gasteiger partial charge >= 0.3 is 0 Å². The molecule has 0 aliphatic carbocycles. The fourth-order valence-electron chi connectivity index (χ4n) is 1.66. The molecule has 3 unspecified atom stereocenters. The summed E-state index contributed by atoms with van der Waals surface area (Å²) >= 11 is 0. The Bertz CT molecular complexity index is 123. The molecule has 3 atom stereocenters. The van der Waals surface area contributed by atoms with Crippen LogP contribution in [0.3, 0.4) is 0 Å². The predicted octanol–water partition coefficient (Wildman–Crippen LogP) is 2.27. The molecule has 0 aromatic carbocycles. The summed E-state index contributed by atoms with van der Waals surface area (Å²) in [6.07, 6.45) is 3.33. The van der Waals surface area contributed by atoms with Crippen molar-refractivity contribution in [2.45, 2.75) is 39.7 Å². The Hall–Kier alpha value is -0.370. The lowest BCUT2D eigenvalue weighted by atomic mass is 9.91. The highest BCUT2D eigenvalue weighted by atomic mass is 16.5. The molecule has 0 saturated carbocycles. The highest BCUT2D eigenvalue weighted by molar-refractivity contribution is 5.53. The van der Waals surface area contributed by atoms with Crippen LogP contribution in [-0.4, -0.2) is 19.5 Å². The monoisotopic (exact) mass is 172 g/mol. The highest BCUT2D eigenvalue weighted by Crippen LogP contribution is 2.19. The summed E-state index contributed by atoms with van der Waals surface area (Å²) in [6, 6.07) is 0. The average Bonchev–Trinajstić information content (AvgIpc) is 2.06. The van der Waals surface area contributed by atoms with Gasteiger partial charge in [0.25, 0.3) is 0 Å². The van der Waals surface area contributed by atoms with Crippen molar-refractivity contribution >= 4 is 6.29 Å². The van der Waals surface area contributed by atoms with E-state index in [1.165, 1.54) is 0 Å². The lowest BCUT2D eigenvalue weighted by Gasteiger charge is -2.24. The van der Waals surface area contributed by atoms with Crippen LogP contribution in [0.2, 0.25) is 0 Å². The smallest absolute Gasteiger partial charge is 0.125 e. The van der Waals surface area contributed by atoms with Crippen molar-refractivity contribution in [2.24, 2.45) is 11.8 Å². The molecular formula is C10H20O2. The third kappa shape index (κ3) is 3.35. The highest BCUT2D eigenvalue weighted by Gasteiger charge is 2.21. The maximum Gasteiger partial charge on any atom is 0.125 e. The van der Waals surface area contributed by atoms with Crippen molar-refractivity contribution in [2.75, 3.05) is 7.11 Å². The summed E-state index contributed by atoms with van der Waals surface area (Å²) in [5.74, 6) is 0.483. The number of rotatable bonds is 6. The van der Waals surface area contributed by atoms with Crippen molar-refractivity contribution < 1.29 is 9.53 Å². The van der Waals surface area contributed by atoms with Crippen LogP contribution in [0.15, 0.2) is 0 Å². The van der Waals surface area contributed by atoms with Crippen LogP contribution in [0.4, 0.5) is 0 Å². The molecule has 0 aromatic rings. The number of hydrogen-bond donors (Lipinski definition) is 0. The van der Waals surface area contributed by atoms with E-state index >= 15 is 0 Å². The van der Waals surface area contributed by atoms with E-state index in [1.54, 1.807) is 7.11 Å². The molecule has 0 radical (unpaired) electrons. The van der Waals surface area contributed by atoms with Gasteiger partial charge in [-0.25, -0.2) is 0 Å². The number of aldehydes is 1. The van der Waals surface area contributed by atoms with Crippen molar-refractivity contribution in [1.82, 2.24) is 0 Å². The average molecular weight is 172 g/mol. The number of methoxy groups -OCH3 is 1. The standard InChI is InChI=1S/C10H20O2/c1-5-6-8(2)10(12-4)9(3)7-11/h7-10H,5-6H2,1-4H3. The third-order valence-electron chi connectivity index (χ3n) is 2.31. The SMILES string of the molecule is CCCC(C)C(OC)C(C)C=O. The molecule has 0 saturated heterocycles. The Morgan fingerprint density at radius 1 is 1.42 bits per heavy atom. The second kappa shape index (κ2) is 6.18. The van der Waals surface area contributed by atoms with E-state index in [1.807, 2.05) is 6.92 Å². The summed E-state index contributed by atoms with van der Waals surface area (Å²) in [4.78, 5) is 10.5. The number of hydrogen-bond acceptors (Lipinski definition) is 2. The quantitative estimate of drug-likeness (QED) is 0.574. The van der Waals surface area contributed by atoms with E-state index in [-0.39, 0.29) is 12.0 Å². The van der Waals surface area contributed by atoms with Gasteiger partial charge in [-0.2, -0.15) is 0 Å². The number of carbonyl (C=O) groups excluding carboxylic acids is 1. The summed E-state index contributed by atoms with van der Waals surface area (Å²) in [6.45, 7) is 6.19. The van der Waals surface area contributed by atoms with E-state index in [0.29, 0.717) is 5.92 Å².